The fourth-order valence-corrected chi connectivity index (χ4v) is 1.35. The van der Waals surface area contributed by atoms with Crippen molar-refractivity contribution in [3.63, 3.8) is 0 Å². The fraction of sp³-hybridized carbons (Fsp3) is 0. The molecular formula is C14H13N3. The van der Waals surface area contributed by atoms with Crippen LogP contribution < -0.4 is 5.32 Å². The van der Waals surface area contributed by atoms with E-state index in [1.54, 1.807) is 6.20 Å². The van der Waals surface area contributed by atoms with E-state index in [0.29, 0.717) is 0 Å². The molecule has 1 N–H and O–H groups in total. The zero-order valence-corrected chi connectivity index (χ0v) is 9.38. The van der Waals surface area contributed by atoms with E-state index in [4.69, 9.17) is 0 Å². The third-order valence-corrected chi connectivity index (χ3v) is 2.17. The van der Waals surface area contributed by atoms with Gasteiger partial charge in [-0.15, -0.1) is 0 Å². The van der Waals surface area contributed by atoms with Crippen LogP contribution in [0.4, 0.5) is 17.1 Å². The quantitative estimate of drug-likeness (QED) is 0.752. The Balaban J connectivity index is 2.08. The fourth-order valence-electron chi connectivity index (χ4n) is 1.35. The van der Waals surface area contributed by atoms with Crippen LogP contribution in [-0.4, -0.2) is 0 Å². The van der Waals surface area contributed by atoms with E-state index in [-0.39, 0.29) is 0 Å². The van der Waals surface area contributed by atoms with Crippen molar-refractivity contribution in [2.24, 2.45) is 10.2 Å². The van der Waals surface area contributed by atoms with Gasteiger partial charge in [-0.3, -0.25) is 0 Å². The van der Waals surface area contributed by atoms with Crippen LogP contribution >= 0.6 is 0 Å². The summed E-state index contributed by atoms with van der Waals surface area (Å²) in [5, 5.41) is 11.3. The Kier molecular flexibility index (Phi) is 3.65. The molecular weight excluding hydrogens is 210 g/mol. The maximum absolute atomic E-state index is 4.15. The van der Waals surface area contributed by atoms with E-state index in [2.05, 4.69) is 22.1 Å². The van der Waals surface area contributed by atoms with Crippen LogP contribution in [0.1, 0.15) is 0 Å². The van der Waals surface area contributed by atoms with Crippen molar-refractivity contribution >= 4 is 17.1 Å². The lowest BCUT2D eigenvalue weighted by atomic mass is 10.3. The third kappa shape index (κ3) is 3.28. The summed E-state index contributed by atoms with van der Waals surface area (Å²) in [6.07, 6.45) is 1.64. The Morgan fingerprint density at radius 2 is 1.41 bits per heavy atom. The van der Waals surface area contributed by atoms with E-state index >= 15 is 0 Å². The average Bonchev–Trinajstić information content (AvgIpc) is 2.40. The topological polar surface area (TPSA) is 36.8 Å². The van der Waals surface area contributed by atoms with Crippen LogP contribution in [0.25, 0.3) is 0 Å². The van der Waals surface area contributed by atoms with Crippen molar-refractivity contribution in [2.75, 3.05) is 5.32 Å². The van der Waals surface area contributed by atoms with Gasteiger partial charge in [0.15, 0.2) is 0 Å². The van der Waals surface area contributed by atoms with Gasteiger partial charge in [-0.05, 0) is 42.6 Å². The summed E-state index contributed by atoms with van der Waals surface area (Å²) in [4.78, 5) is 0. The van der Waals surface area contributed by atoms with Crippen molar-refractivity contribution in [1.29, 1.82) is 0 Å². The lowest BCUT2D eigenvalue weighted by molar-refractivity contribution is 1.23. The maximum Gasteiger partial charge on any atom is 0.0858 e. The van der Waals surface area contributed by atoms with Gasteiger partial charge in [0.25, 0.3) is 0 Å². The van der Waals surface area contributed by atoms with Gasteiger partial charge in [0, 0.05) is 5.69 Å². The first-order valence-electron chi connectivity index (χ1n) is 5.33. The van der Waals surface area contributed by atoms with E-state index in [0.717, 1.165) is 17.1 Å². The van der Waals surface area contributed by atoms with Crippen LogP contribution in [-0.2, 0) is 0 Å². The zero-order chi connectivity index (χ0) is 11.9. The summed E-state index contributed by atoms with van der Waals surface area (Å²) >= 11 is 0. The predicted octanol–water partition coefficient (Wildman–Crippen LogP) is 4.66. The van der Waals surface area contributed by atoms with Gasteiger partial charge in [0.1, 0.15) is 0 Å². The molecule has 0 radical (unpaired) electrons. The lowest BCUT2D eigenvalue weighted by Gasteiger charge is -1.99. The molecule has 0 heterocycles. The largest absolute Gasteiger partial charge is 0.362 e. The first kappa shape index (κ1) is 11.1. The normalized spacial score (nSPS) is 10.4. The second-order valence-electron chi connectivity index (χ2n) is 3.43. The Morgan fingerprint density at radius 3 is 2.00 bits per heavy atom. The molecule has 3 nitrogen and oxygen atoms in total. The molecule has 0 aliphatic heterocycles. The minimum atomic E-state index is 0.823. The van der Waals surface area contributed by atoms with Crippen LogP contribution in [0.15, 0.2) is 77.6 Å². The van der Waals surface area contributed by atoms with Gasteiger partial charge in [-0.25, -0.2) is 0 Å². The van der Waals surface area contributed by atoms with E-state index in [1.165, 1.54) is 0 Å². The Hall–Kier alpha value is -2.42. The molecule has 0 aliphatic carbocycles. The number of azo groups is 1. The van der Waals surface area contributed by atoms with Gasteiger partial charge >= 0.3 is 0 Å². The molecule has 0 bridgehead atoms. The first-order chi connectivity index (χ1) is 8.38. The molecule has 3 heteroatoms. The summed E-state index contributed by atoms with van der Waals surface area (Å²) in [6, 6.07) is 17.3. The molecule has 0 aromatic heterocycles. The number of benzene rings is 2. The van der Waals surface area contributed by atoms with Crippen molar-refractivity contribution < 1.29 is 0 Å². The molecule has 17 heavy (non-hydrogen) atoms. The van der Waals surface area contributed by atoms with Gasteiger partial charge in [-0.2, -0.15) is 10.2 Å². The Labute approximate surface area is 101 Å². The highest BCUT2D eigenvalue weighted by molar-refractivity contribution is 5.52. The molecule has 2 aromatic carbocycles. The summed E-state index contributed by atoms with van der Waals surface area (Å²) in [5.74, 6) is 0. The van der Waals surface area contributed by atoms with Crippen molar-refractivity contribution in [1.82, 2.24) is 0 Å². The molecule has 0 saturated heterocycles. The molecule has 0 amide bonds. The maximum atomic E-state index is 4.15. The highest BCUT2D eigenvalue weighted by Gasteiger charge is 1.91. The van der Waals surface area contributed by atoms with Gasteiger partial charge in [0.2, 0.25) is 0 Å². The van der Waals surface area contributed by atoms with Gasteiger partial charge in [-0.1, -0.05) is 24.8 Å². The van der Waals surface area contributed by atoms with Crippen LogP contribution in [0.2, 0.25) is 0 Å². The summed E-state index contributed by atoms with van der Waals surface area (Å²) < 4.78 is 0. The van der Waals surface area contributed by atoms with E-state index in [1.807, 2.05) is 54.6 Å². The average molecular weight is 223 g/mol. The minimum absolute atomic E-state index is 0.823. The monoisotopic (exact) mass is 223 g/mol. The van der Waals surface area contributed by atoms with Crippen molar-refractivity contribution in [3.8, 4) is 0 Å². The number of rotatable bonds is 4. The summed E-state index contributed by atoms with van der Waals surface area (Å²) in [6.45, 7) is 3.60. The van der Waals surface area contributed by atoms with Crippen LogP contribution in [0, 0.1) is 0 Å². The predicted molar refractivity (Wildman–Crippen MR) is 70.9 cm³/mol. The van der Waals surface area contributed by atoms with Crippen LogP contribution in [0.3, 0.4) is 0 Å². The summed E-state index contributed by atoms with van der Waals surface area (Å²) in [5.41, 5.74) is 2.66. The highest BCUT2D eigenvalue weighted by atomic mass is 15.1. The Morgan fingerprint density at radius 1 is 0.824 bits per heavy atom. The SMILES string of the molecule is C=CNc1ccc(/N=N/c2ccccc2)cc1. The van der Waals surface area contributed by atoms with Gasteiger partial charge < -0.3 is 5.32 Å². The van der Waals surface area contributed by atoms with Crippen molar-refractivity contribution in [2.45, 2.75) is 0 Å². The van der Waals surface area contributed by atoms with E-state index < -0.39 is 0 Å². The molecule has 2 rings (SSSR count). The number of hydrogen-bond donors (Lipinski definition) is 1. The molecule has 0 spiro atoms. The number of anilines is 1. The molecule has 2 aromatic rings. The first-order valence-corrected chi connectivity index (χ1v) is 5.33. The van der Waals surface area contributed by atoms with E-state index in [9.17, 15) is 0 Å². The molecule has 0 unspecified atom stereocenters. The minimum Gasteiger partial charge on any atom is -0.362 e. The zero-order valence-electron chi connectivity index (χ0n) is 9.38. The molecule has 0 fully saturated rings. The lowest BCUT2D eigenvalue weighted by Crippen LogP contribution is -1.83. The highest BCUT2D eigenvalue weighted by Crippen LogP contribution is 2.19. The van der Waals surface area contributed by atoms with Crippen molar-refractivity contribution in [3.05, 3.63) is 67.4 Å². The Bertz CT molecular complexity index is 501. The second kappa shape index (κ2) is 5.61. The molecule has 0 atom stereocenters. The smallest absolute Gasteiger partial charge is 0.0858 e. The number of nitrogens with one attached hydrogen (secondary N) is 1. The number of nitrogens with zero attached hydrogens (tertiary/aromatic N) is 2. The second-order valence-corrected chi connectivity index (χ2v) is 3.43. The standard InChI is InChI=1S/C14H13N3/c1-2-15-12-8-10-14(11-9-12)17-16-13-6-4-3-5-7-13/h2-11,15H,1H2/b17-16+. The van der Waals surface area contributed by atoms with Crippen LogP contribution in [0.5, 0.6) is 0 Å². The third-order valence-electron chi connectivity index (χ3n) is 2.17. The van der Waals surface area contributed by atoms with Gasteiger partial charge in [0.05, 0.1) is 11.4 Å². The molecule has 0 saturated carbocycles. The number of hydrogen-bond acceptors (Lipinski definition) is 3. The molecule has 0 aliphatic rings. The molecule has 84 valence electrons. The summed E-state index contributed by atoms with van der Waals surface area (Å²) in [7, 11) is 0.